The van der Waals surface area contributed by atoms with E-state index in [1.165, 1.54) is 12.1 Å². The average Bonchev–Trinajstić information content (AvgIpc) is 2.07. The van der Waals surface area contributed by atoms with Crippen molar-refractivity contribution in [3.8, 4) is 5.75 Å². The molecule has 1 rings (SSSR count). The number of carboxylic acid groups (broad SMARTS) is 1. The van der Waals surface area contributed by atoms with E-state index in [0.29, 0.717) is 0 Å². The van der Waals surface area contributed by atoms with E-state index in [9.17, 15) is 20.0 Å². The van der Waals surface area contributed by atoms with E-state index in [0.717, 1.165) is 6.07 Å². The van der Waals surface area contributed by atoms with Gasteiger partial charge in [0.25, 0.3) is 5.69 Å². The number of aromatic hydroxyl groups is 1. The first-order valence-electron chi connectivity index (χ1n) is 3.69. The highest BCUT2D eigenvalue weighted by molar-refractivity contribution is 5.73. The fraction of sp³-hybridized carbons (Fsp3) is 0.125. The molecule has 0 aliphatic carbocycles. The molecule has 2 N–H and O–H groups in total. The summed E-state index contributed by atoms with van der Waals surface area (Å²) in [6.45, 7) is 0. The molecule has 74 valence electrons. The summed E-state index contributed by atoms with van der Waals surface area (Å²) in [4.78, 5) is 20.1. The Bertz CT molecular complexity index is 387. The quantitative estimate of drug-likeness (QED) is 0.554. The first-order valence-corrected chi connectivity index (χ1v) is 3.69. The summed E-state index contributed by atoms with van der Waals surface area (Å²) in [7, 11) is 0. The van der Waals surface area contributed by atoms with Crippen molar-refractivity contribution in [1.82, 2.24) is 0 Å². The number of hydrogen-bond acceptors (Lipinski definition) is 4. The van der Waals surface area contributed by atoms with Crippen LogP contribution in [-0.4, -0.2) is 21.1 Å². The van der Waals surface area contributed by atoms with Gasteiger partial charge in [-0.2, -0.15) is 0 Å². The Morgan fingerprint density at radius 3 is 2.64 bits per heavy atom. The van der Waals surface area contributed by atoms with Crippen LogP contribution in [0.2, 0.25) is 0 Å². The van der Waals surface area contributed by atoms with Crippen LogP contribution in [0.5, 0.6) is 5.75 Å². The van der Waals surface area contributed by atoms with Crippen LogP contribution in [0.25, 0.3) is 0 Å². The summed E-state index contributed by atoms with van der Waals surface area (Å²) >= 11 is 0. The zero-order valence-electron chi connectivity index (χ0n) is 7.01. The molecule has 0 fully saturated rings. The van der Waals surface area contributed by atoms with Crippen LogP contribution >= 0.6 is 0 Å². The molecule has 0 atom stereocenters. The second-order valence-corrected chi connectivity index (χ2v) is 2.60. The van der Waals surface area contributed by atoms with Gasteiger partial charge in [-0.3, -0.25) is 14.9 Å². The third-order valence-corrected chi connectivity index (χ3v) is 1.65. The Balaban J connectivity index is 3.22. The van der Waals surface area contributed by atoms with Gasteiger partial charge in [-0.05, 0) is 6.07 Å². The van der Waals surface area contributed by atoms with E-state index in [-0.39, 0.29) is 17.0 Å². The maximum absolute atomic E-state index is 10.5. The summed E-state index contributed by atoms with van der Waals surface area (Å²) in [6, 6.07) is 3.65. The van der Waals surface area contributed by atoms with E-state index < -0.39 is 17.3 Å². The number of phenols is 1. The molecule has 1 aromatic rings. The molecule has 0 saturated heterocycles. The minimum absolute atomic E-state index is 0.176. The van der Waals surface area contributed by atoms with Gasteiger partial charge in [-0.25, -0.2) is 0 Å². The number of phenolic OH excluding ortho intramolecular Hbond substituents is 1. The maximum atomic E-state index is 10.5. The zero-order valence-corrected chi connectivity index (χ0v) is 7.01. The van der Waals surface area contributed by atoms with Gasteiger partial charge in [0.2, 0.25) is 0 Å². The lowest BCUT2D eigenvalue weighted by atomic mass is 10.1. The predicted molar refractivity (Wildman–Crippen MR) is 46.1 cm³/mol. The highest BCUT2D eigenvalue weighted by Gasteiger charge is 2.19. The molecule has 0 radical (unpaired) electrons. The first kappa shape index (κ1) is 9.97. The third kappa shape index (κ3) is 1.98. The van der Waals surface area contributed by atoms with Crippen molar-refractivity contribution >= 4 is 11.7 Å². The number of carboxylic acids is 1. The minimum atomic E-state index is -1.23. The average molecular weight is 197 g/mol. The van der Waals surface area contributed by atoms with Crippen molar-refractivity contribution in [1.29, 1.82) is 0 Å². The van der Waals surface area contributed by atoms with Crippen LogP contribution in [0, 0.1) is 10.1 Å². The molecule has 6 heteroatoms. The Morgan fingerprint density at radius 1 is 1.50 bits per heavy atom. The number of aliphatic carboxylic acids is 1. The van der Waals surface area contributed by atoms with Crippen LogP contribution in [0.1, 0.15) is 5.56 Å². The molecule has 0 aliphatic rings. The second kappa shape index (κ2) is 3.73. The fourth-order valence-corrected chi connectivity index (χ4v) is 1.07. The lowest BCUT2D eigenvalue weighted by Gasteiger charge is -2.01. The molecule has 14 heavy (non-hydrogen) atoms. The van der Waals surface area contributed by atoms with Crippen molar-refractivity contribution < 1.29 is 19.9 Å². The number of nitro benzene ring substituents is 1. The van der Waals surface area contributed by atoms with Crippen molar-refractivity contribution in [2.24, 2.45) is 0 Å². The molecule has 0 spiro atoms. The van der Waals surface area contributed by atoms with Crippen LogP contribution in [-0.2, 0) is 11.2 Å². The van der Waals surface area contributed by atoms with Crippen molar-refractivity contribution in [2.75, 3.05) is 0 Å². The number of nitro groups is 1. The molecule has 1 aromatic carbocycles. The summed E-state index contributed by atoms with van der Waals surface area (Å²) in [5.74, 6) is -1.60. The van der Waals surface area contributed by atoms with E-state index >= 15 is 0 Å². The maximum Gasteiger partial charge on any atom is 0.308 e. The van der Waals surface area contributed by atoms with Gasteiger partial charge >= 0.3 is 5.97 Å². The largest absolute Gasteiger partial charge is 0.507 e. The first-order chi connectivity index (χ1) is 6.52. The SMILES string of the molecule is O=C(O)Cc1c(O)cccc1[N+](=O)[O-]. The van der Waals surface area contributed by atoms with Crippen molar-refractivity contribution in [3.63, 3.8) is 0 Å². The van der Waals surface area contributed by atoms with E-state index in [2.05, 4.69) is 0 Å². The van der Waals surface area contributed by atoms with Crippen LogP contribution in [0.4, 0.5) is 5.69 Å². The van der Waals surface area contributed by atoms with E-state index in [1.807, 2.05) is 0 Å². The van der Waals surface area contributed by atoms with Crippen LogP contribution in [0.3, 0.4) is 0 Å². The van der Waals surface area contributed by atoms with Gasteiger partial charge in [-0.1, -0.05) is 6.07 Å². The summed E-state index contributed by atoms with van der Waals surface area (Å²) < 4.78 is 0. The summed E-state index contributed by atoms with van der Waals surface area (Å²) in [5.41, 5.74) is -0.558. The van der Waals surface area contributed by atoms with Gasteiger partial charge in [0, 0.05) is 6.07 Å². The molecule has 0 aliphatic heterocycles. The van der Waals surface area contributed by atoms with Gasteiger partial charge in [0.15, 0.2) is 0 Å². The van der Waals surface area contributed by atoms with E-state index in [4.69, 9.17) is 5.11 Å². The van der Waals surface area contributed by atoms with Crippen molar-refractivity contribution in [3.05, 3.63) is 33.9 Å². The van der Waals surface area contributed by atoms with Crippen LogP contribution in [0.15, 0.2) is 18.2 Å². The Morgan fingerprint density at radius 2 is 2.14 bits per heavy atom. The Kier molecular flexibility index (Phi) is 2.66. The topological polar surface area (TPSA) is 101 Å². The molecule has 0 amide bonds. The number of carbonyl (C=O) groups is 1. The number of hydrogen-bond donors (Lipinski definition) is 2. The lowest BCUT2D eigenvalue weighted by molar-refractivity contribution is -0.385. The zero-order chi connectivity index (χ0) is 10.7. The number of rotatable bonds is 3. The van der Waals surface area contributed by atoms with Gasteiger partial charge in [-0.15, -0.1) is 0 Å². The molecule has 6 nitrogen and oxygen atoms in total. The molecule has 0 heterocycles. The highest BCUT2D eigenvalue weighted by Crippen LogP contribution is 2.27. The van der Waals surface area contributed by atoms with E-state index in [1.54, 1.807) is 0 Å². The third-order valence-electron chi connectivity index (χ3n) is 1.65. The Hall–Kier alpha value is -2.11. The summed E-state index contributed by atoms with van der Waals surface area (Å²) in [5, 5.41) is 28.1. The Labute approximate surface area is 78.6 Å². The minimum Gasteiger partial charge on any atom is -0.507 e. The molecular weight excluding hydrogens is 190 g/mol. The normalized spacial score (nSPS) is 9.71. The van der Waals surface area contributed by atoms with Crippen molar-refractivity contribution in [2.45, 2.75) is 6.42 Å². The molecule has 0 unspecified atom stereocenters. The van der Waals surface area contributed by atoms with Crippen LogP contribution < -0.4 is 0 Å². The van der Waals surface area contributed by atoms with Gasteiger partial charge in [0.05, 0.1) is 16.9 Å². The predicted octanol–water partition coefficient (Wildman–Crippen LogP) is 0.927. The van der Waals surface area contributed by atoms with Gasteiger partial charge in [0.1, 0.15) is 5.75 Å². The second-order valence-electron chi connectivity index (χ2n) is 2.60. The lowest BCUT2D eigenvalue weighted by Crippen LogP contribution is -2.03. The highest BCUT2D eigenvalue weighted by atomic mass is 16.6. The standard InChI is InChI=1S/C8H7NO5/c10-7-3-1-2-6(9(13)14)5(7)4-8(11)12/h1-3,10H,4H2,(H,11,12). The fourth-order valence-electron chi connectivity index (χ4n) is 1.07. The molecule has 0 saturated carbocycles. The number of benzene rings is 1. The van der Waals surface area contributed by atoms with Gasteiger partial charge < -0.3 is 10.2 Å². The molecule has 0 aromatic heterocycles. The number of nitrogens with zero attached hydrogens (tertiary/aromatic N) is 1. The molecular formula is C8H7NO5. The smallest absolute Gasteiger partial charge is 0.308 e. The molecule has 0 bridgehead atoms. The summed E-state index contributed by atoms with van der Waals surface area (Å²) in [6.07, 6.45) is -0.566. The monoisotopic (exact) mass is 197 g/mol.